The first-order chi connectivity index (χ1) is 9.58. The fourth-order valence-corrected chi connectivity index (χ4v) is 2.28. The van der Waals surface area contributed by atoms with Crippen LogP contribution in [0, 0.1) is 0 Å². The lowest BCUT2D eigenvalue weighted by atomic mass is 10.1. The minimum atomic E-state index is -2.64. The third-order valence-electron chi connectivity index (χ3n) is 3.44. The summed E-state index contributed by atoms with van der Waals surface area (Å²) in [7, 11) is 1.65. The number of alkyl halides is 2. The van der Waals surface area contributed by atoms with E-state index in [9.17, 15) is 13.6 Å². The minimum absolute atomic E-state index is 0.0277. The molecule has 0 saturated carbocycles. The van der Waals surface area contributed by atoms with E-state index in [-0.39, 0.29) is 17.3 Å². The molecule has 0 unspecified atom stereocenters. The molecule has 0 aliphatic carbocycles. The van der Waals surface area contributed by atoms with Gasteiger partial charge in [0.05, 0.1) is 6.10 Å². The first-order valence-electron chi connectivity index (χ1n) is 6.78. The fourth-order valence-electron chi connectivity index (χ4n) is 2.28. The van der Waals surface area contributed by atoms with Gasteiger partial charge in [-0.1, -0.05) is 0 Å². The first kappa shape index (κ1) is 14.9. The summed E-state index contributed by atoms with van der Waals surface area (Å²) in [6, 6.07) is 1.10. The Labute approximate surface area is 116 Å². The number of nitrogens with one attached hydrogen (secondary N) is 1. The molecule has 5 nitrogen and oxygen atoms in total. The molecule has 0 radical (unpaired) electrons. The number of H-pyrrole nitrogens is 1. The summed E-state index contributed by atoms with van der Waals surface area (Å²) in [6.07, 6.45) is 1.58. The highest BCUT2D eigenvalue weighted by Crippen LogP contribution is 2.18. The molecule has 0 bridgehead atoms. The van der Waals surface area contributed by atoms with Crippen molar-refractivity contribution in [3.8, 4) is 0 Å². The van der Waals surface area contributed by atoms with E-state index in [1.54, 1.807) is 7.05 Å². The number of aromatic amines is 1. The van der Waals surface area contributed by atoms with E-state index in [0.717, 1.165) is 38.4 Å². The molecular formula is C13H19F2N3O2. The zero-order valence-electron chi connectivity index (χ0n) is 11.4. The number of hydrogen-bond acceptors (Lipinski definition) is 3. The lowest BCUT2D eigenvalue weighted by molar-refractivity contribution is 0.0758. The van der Waals surface area contributed by atoms with Crippen LogP contribution in [0.4, 0.5) is 8.78 Å². The van der Waals surface area contributed by atoms with Crippen molar-refractivity contribution in [2.24, 2.45) is 0 Å². The summed E-state index contributed by atoms with van der Waals surface area (Å²) in [5, 5.41) is 5.80. The van der Waals surface area contributed by atoms with Crippen LogP contribution < -0.4 is 0 Å². The molecule has 0 aromatic carbocycles. The maximum absolute atomic E-state index is 12.4. The molecule has 1 atom stereocenters. The molecule has 1 aromatic heterocycles. The van der Waals surface area contributed by atoms with E-state index >= 15 is 0 Å². The van der Waals surface area contributed by atoms with E-state index in [0.29, 0.717) is 12.6 Å². The van der Waals surface area contributed by atoms with Crippen LogP contribution in [0.2, 0.25) is 0 Å². The zero-order valence-corrected chi connectivity index (χ0v) is 11.4. The predicted molar refractivity (Wildman–Crippen MR) is 68.7 cm³/mol. The van der Waals surface area contributed by atoms with Gasteiger partial charge in [0.25, 0.3) is 12.3 Å². The highest BCUT2D eigenvalue weighted by Gasteiger charge is 2.19. The van der Waals surface area contributed by atoms with Crippen LogP contribution in [-0.4, -0.2) is 47.3 Å². The Kier molecular flexibility index (Phi) is 5.05. The number of nitrogens with zero attached hydrogens (tertiary/aromatic N) is 2. The van der Waals surface area contributed by atoms with Gasteiger partial charge in [-0.15, -0.1) is 0 Å². The van der Waals surface area contributed by atoms with Crippen molar-refractivity contribution in [3.63, 3.8) is 0 Å². The Bertz CT molecular complexity index is 445. The van der Waals surface area contributed by atoms with Crippen LogP contribution in [0.1, 0.15) is 48.3 Å². The number of ether oxygens (including phenoxy) is 1. The highest BCUT2D eigenvalue weighted by atomic mass is 19.3. The molecule has 2 heterocycles. The highest BCUT2D eigenvalue weighted by molar-refractivity contribution is 5.92. The Morgan fingerprint density at radius 2 is 2.45 bits per heavy atom. The lowest BCUT2D eigenvalue weighted by Crippen LogP contribution is -2.28. The van der Waals surface area contributed by atoms with E-state index in [1.165, 1.54) is 4.90 Å². The van der Waals surface area contributed by atoms with Crippen molar-refractivity contribution in [2.45, 2.75) is 38.2 Å². The van der Waals surface area contributed by atoms with E-state index in [4.69, 9.17) is 4.74 Å². The topological polar surface area (TPSA) is 58.2 Å². The lowest BCUT2D eigenvalue weighted by Gasteiger charge is -2.17. The number of halogens is 2. The second-order valence-electron chi connectivity index (χ2n) is 5.01. The normalized spacial score (nSPS) is 18.7. The Morgan fingerprint density at radius 3 is 3.05 bits per heavy atom. The summed E-state index contributed by atoms with van der Waals surface area (Å²) in [6.45, 7) is 1.39. The fraction of sp³-hybridized carbons (Fsp3) is 0.692. The van der Waals surface area contributed by atoms with Gasteiger partial charge in [-0.25, -0.2) is 8.78 Å². The van der Waals surface area contributed by atoms with E-state index in [2.05, 4.69) is 10.2 Å². The van der Waals surface area contributed by atoms with Gasteiger partial charge in [0.15, 0.2) is 5.69 Å². The van der Waals surface area contributed by atoms with Crippen molar-refractivity contribution in [1.82, 2.24) is 15.1 Å². The smallest absolute Gasteiger partial charge is 0.279 e. The number of carbonyl (C=O) groups is 1. The van der Waals surface area contributed by atoms with Crippen molar-refractivity contribution in [1.29, 1.82) is 0 Å². The summed E-state index contributed by atoms with van der Waals surface area (Å²) in [5.41, 5.74) is -0.305. The number of carbonyl (C=O) groups excluding carboxylic acids is 1. The largest absolute Gasteiger partial charge is 0.378 e. The van der Waals surface area contributed by atoms with Gasteiger partial charge < -0.3 is 9.64 Å². The molecule has 1 amide bonds. The molecule has 7 heteroatoms. The van der Waals surface area contributed by atoms with E-state index in [1.807, 2.05) is 0 Å². The molecule has 1 aromatic rings. The van der Waals surface area contributed by atoms with Crippen LogP contribution >= 0.6 is 0 Å². The first-order valence-corrected chi connectivity index (χ1v) is 6.78. The van der Waals surface area contributed by atoms with Crippen LogP contribution in [0.15, 0.2) is 6.07 Å². The number of hydrogen-bond donors (Lipinski definition) is 1. The molecule has 1 aliphatic rings. The second-order valence-corrected chi connectivity index (χ2v) is 5.01. The second kappa shape index (κ2) is 6.78. The number of amides is 1. The number of rotatable bonds is 6. The average Bonchev–Trinajstić information content (AvgIpc) is 3.08. The van der Waals surface area contributed by atoms with Crippen molar-refractivity contribution < 1.29 is 18.3 Å². The monoisotopic (exact) mass is 287 g/mol. The summed E-state index contributed by atoms with van der Waals surface area (Å²) < 4.78 is 30.3. The Balaban J connectivity index is 1.78. The molecule has 0 spiro atoms. The standard InChI is InChI=1S/C13H19F2N3O2/c1-18(6-2-4-9-5-3-7-20-9)13(19)11-8-10(12(14)15)16-17-11/h8-9,12H,2-7H2,1H3,(H,16,17)/t9-/m1/s1. The van der Waals surface area contributed by atoms with Crippen LogP contribution in [-0.2, 0) is 4.74 Å². The van der Waals surface area contributed by atoms with Crippen molar-refractivity contribution in [2.75, 3.05) is 20.2 Å². The molecule has 20 heavy (non-hydrogen) atoms. The molecule has 1 saturated heterocycles. The number of aromatic nitrogens is 2. The molecule has 112 valence electrons. The van der Waals surface area contributed by atoms with Gasteiger partial charge in [0, 0.05) is 20.2 Å². The van der Waals surface area contributed by atoms with Gasteiger partial charge in [-0.3, -0.25) is 9.89 Å². The van der Waals surface area contributed by atoms with Crippen molar-refractivity contribution >= 4 is 5.91 Å². The summed E-state index contributed by atoms with van der Waals surface area (Å²) >= 11 is 0. The Morgan fingerprint density at radius 1 is 1.65 bits per heavy atom. The zero-order chi connectivity index (χ0) is 14.5. The average molecular weight is 287 g/mol. The summed E-state index contributed by atoms with van der Waals surface area (Å²) in [4.78, 5) is 13.5. The van der Waals surface area contributed by atoms with E-state index < -0.39 is 6.43 Å². The minimum Gasteiger partial charge on any atom is -0.378 e. The van der Waals surface area contributed by atoms with Gasteiger partial charge >= 0.3 is 0 Å². The van der Waals surface area contributed by atoms with Crippen LogP contribution in [0.5, 0.6) is 0 Å². The summed E-state index contributed by atoms with van der Waals surface area (Å²) in [5.74, 6) is -0.347. The molecule has 1 aliphatic heterocycles. The van der Waals surface area contributed by atoms with Crippen LogP contribution in [0.3, 0.4) is 0 Å². The van der Waals surface area contributed by atoms with Gasteiger partial charge in [-0.05, 0) is 31.7 Å². The maximum atomic E-state index is 12.4. The molecule has 2 rings (SSSR count). The van der Waals surface area contributed by atoms with Gasteiger partial charge in [0.1, 0.15) is 5.69 Å². The van der Waals surface area contributed by atoms with Crippen LogP contribution in [0.25, 0.3) is 0 Å². The van der Waals surface area contributed by atoms with Gasteiger partial charge in [0.2, 0.25) is 0 Å². The quantitative estimate of drug-likeness (QED) is 0.874. The van der Waals surface area contributed by atoms with Gasteiger partial charge in [-0.2, -0.15) is 5.10 Å². The Hall–Kier alpha value is -1.50. The molecular weight excluding hydrogens is 268 g/mol. The SMILES string of the molecule is CN(CCC[C@@H]1CCCO1)C(=O)c1cc(C(F)F)[nH]n1. The third kappa shape index (κ3) is 3.75. The molecule has 1 fully saturated rings. The molecule has 1 N–H and O–H groups in total. The predicted octanol–water partition coefficient (Wildman–Crippen LogP) is 2.38. The maximum Gasteiger partial charge on any atom is 0.279 e. The third-order valence-corrected chi connectivity index (χ3v) is 3.44. The van der Waals surface area contributed by atoms with Crippen molar-refractivity contribution in [3.05, 3.63) is 17.5 Å².